The maximum atomic E-state index is 12.8. The van der Waals surface area contributed by atoms with E-state index in [9.17, 15) is 4.79 Å². The van der Waals surface area contributed by atoms with Crippen LogP contribution in [-0.2, 0) is 0 Å². The summed E-state index contributed by atoms with van der Waals surface area (Å²) < 4.78 is 7.46. The molecule has 0 saturated carbocycles. The summed E-state index contributed by atoms with van der Waals surface area (Å²) in [6.07, 6.45) is 3.54. The van der Waals surface area contributed by atoms with E-state index in [2.05, 4.69) is 54.4 Å². The van der Waals surface area contributed by atoms with Gasteiger partial charge in [0.05, 0.1) is 42.3 Å². The van der Waals surface area contributed by atoms with Crippen LogP contribution < -0.4 is 57.2 Å². The maximum absolute atomic E-state index is 12.8. The number of carbonyl (C=O) groups excluding carboxylic acids is 1. The molecule has 0 atom stereocenters. The molecule has 3 rings (SSSR count). The molecule has 0 saturated heterocycles. The van der Waals surface area contributed by atoms with Crippen molar-refractivity contribution in [3.63, 3.8) is 0 Å². The van der Waals surface area contributed by atoms with Gasteiger partial charge in [0.25, 0.3) is 0 Å². The number of rotatable bonds is 9. The summed E-state index contributed by atoms with van der Waals surface area (Å²) >= 11 is 0. The van der Waals surface area contributed by atoms with Crippen LogP contribution in [0.5, 0.6) is 5.75 Å². The van der Waals surface area contributed by atoms with Crippen LogP contribution in [0.15, 0.2) is 78.9 Å². The number of ketones is 1. The van der Waals surface area contributed by atoms with Gasteiger partial charge in [-0.05, 0) is 47.0 Å². The second-order valence-electron chi connectivity index (χ2n) is 10.3. The standard InChI is InChI=1S/C29H36N2O2.2HI/c1-30(2,3)19-20-33-28-16-14-24(15-17-28)25-10-8-11-26(22-25)29(32)18-13-23-9-7-12-27(21-23)31(4,5)6;;/h7-18,21-22H,19-20H2,1-6H3;2*1H/q+2;;/p-2/b18-13+;;. The van der Waals surface area contributed by atoms with E-state index < -0.39 is 0 Å². The van der Waals surface area contributed by atoms with Crippen molar-refractivity contribution in [3.8, 4) is 16.9 Å². The van der Waals surface area contributed by atoms with Gasteiger partial charge in [-0.15, -0.1) is 0 Å². The van der Waals surface area contributed by atoms with Gasteiger partial charge in [0.1, 0.15) is 24.6 Å². The molecule has 0 unspecified atom stereocenters. The van der Waals surface area contributed by atoms with Gasteiger partial charge >= 0.3 is 0 Å². The molecule has 188 valence electrons. The zero-order valence-electron chi connectivity index (χ0n) is 21.5. The van der Waals surface area contributed by atoms with Crippen LogP contribution >= 0.6 is 0 Å². The molecule has 0 bridgehead atoms. The number of allylic oxidation sites excluding steroid dienone is 1. The van der Waals surface area contributed by atoms with Gasteiger partial charge in [-0.25, -0.2) is 0 Å². The minimum absolute atomic E-state index is 0. The molecule has 0 fully saturated rings. The van der Waals surface area contributed by atoms with Gasteiger partial charge in [-0.2, -0.15) is 0 Å². The average molecular weight is 698 g/mol. The Hall–Kier alpha value is -1.75. The first-order valence-electron chi connectivity index (χ1n) is 11.3. The van der Waals surface area contributed by atoms with Gasteiger partial charge in [0, 0.05) is 11.6 Å². The second kappa shape index (κ2) is 13.5. The fraction of sp³-hybridized carbons (Fsp3) is 0.276. The highest BCUT2D eigenvalue weighted by atomic mass is 127. The van der Waals surface area contributed by atoms with Crippen molar-refractivity contribution in [3.05, 3.63) is 90.0 Å². The topological polar surface area (TPSA) is 26.3 Å². The molecule has 0 aliphatic heterocycles. The predicted octanol–water partition coefficient (Wildman–Crippen LogP) is -0.461. The first-order chi connectivity index (χ1) is 15.5. The third kappa shape index (κ3) is 10.0. The lowest BCUT2D eigenvalue weighted by atomic mass is 10.0. The number of hydrogen-bond donors (Lipinski definition) is 0. The van der Waals surface area contributed by atoms with Gasteiger partial charge < -0.3 is 57.2 Å². The molecule has 0 heterocycles. The Morgan fingerprint density at radius 1 is 0.800 bits per heavy atom. The summed E-state index contributed by atoms with van der Waals surface area (Å²) in [4.78, 5) is 12.8. The van der Waals surface area contributed by atoms with Gasteiger partial charge in [0.15, 0.2) is 5.78 Å². The highest BCUT2D eigenvalue weighted by molar-refractivity contribution is 6.07. The number of halogens is 2. The van der Waals surface area contributed by atoms with Crippen LogP contribution in [0.2, 0.25) is 0 Å². The molecule has 0 radical (unpaired) electrons. The molecule has 35 heavy (non-hydrogen) atoms. The highest BCUT2D eigenvalue weighted by Gasteiger charge is 2.12. The second-order valence-corrected chi connectivity index (χ2v) is 10.3. The number of quaternary nitrogens is 2. The molecule has 4 nitrogen and oxygen atoms in total. The molecule has 0 N–H and O–H groups in total. The molecule has 3 aromatic carbocycles. The van der Waals surface area contributed by atoms with Crippen molar-refractivity contribution in [1.82, 2.24) is 4.48 Å². The van der Waals surface area contributed by atoms with Crippen LogP contribution in [0, 0.1) is 0 Å². The number of hydrogen-bond acceptors (Lipinski definition) is 2. The van der Waals surface area contributed by atoms with Crippen molar-refractivity contribution >= 4 is 17.5 Å². The van der Waals surface area contributed by atoms with E-state index in [1.807, 2.05) is 66.7 Å². The highest BCUT2D eigenvalue weighted by Crippen LogP contribution is 2.24. The van der Waals surface area contributed by atoms with E-state index in [0.717, 1.165) is 38.0 Å². The summed E-state index contributed by atoms with van der Waals surface area (Å²) in [5, 5.41) is 0. The molecule has 0 aliphatic carbocycles. The largest absolute Gasteiger partial charge is 1.00 e. The Kier molecular flexibility index (Phi) is 12.1. The van der Waals surface area contributed by atoms with E-state index in [-0.39, 0.29) is 53.7 Å². The SMILES string of the molecule is C[N+](C)(C)CCOc1ccc(-c2cccc(C(=O)/C=C/c3cccc([N+](C)(C)C)c3)c2)cc1.[I-].[I-]. The lowest BCUT2D eigenvalue weighted by Crippen LogP contribution is -3.00. The van der Waals surface area contributed by atoms with Crippen molar-refractivity contribution in [2.75, 3.05) is 55.4 Å². The number of carbonyl (C=O) groups is 1. The third-order valence-corrected chi connectivity index (χ3v) is 5.44. The van der Waals surface area contributed by atoms with E-state index in [4.69, 9.17) is 4.74 Å². The summed E-state index contributed by atoms with van der Waals surface area (Å²) in [6, 6.07) is 24.1. The van der Waals surface area contributed by atoms with Gasteiger partial charge in [-0.3, -0.25) is 9.28 Å². The maximum Gasteiger partial charge on any atom is 0.185 e. The fourth-order valence-corrected chi connectivity index (χ4v) is 3.35. The van der Waals surface area contributed by atoms with Crippen LogP contribution in [0.1, 0.15) is 15.9 Å². The molecule has 6 heteroatoms. The normalized spacial score (nSPS) is 11.5. The summed E-state index contributed by atoms with van der Waals surface area (Å²) in [5.74, 6) is 0.853. The van der Waals surface area contributed by atoms with E-state index in [1.165, 1.54) is 5.69 Å². The summed E-state index contributed by atoms with van der Waals surface area (Å²) in [7, 11) is 12.8. The Labute approximate surface area is 244 Å². The number of likely N-dealkylation sites (N-methyl/N-ethyl adjacent to an activating group) is 1. The predicted molar refractivity (Wildman–Crippen MR) is 140 cm³/mol. The molecular formula is C29H36I2N2O2. The Bertz CT molecular complexity index is 1130. The molecular weight excluding hydrogens is 662 g/mol. The van der Waals surface area contributed by atoms with E-state index in [1.54, 1.807) is 6.08 Å². The van der Waals surface area contributed by atoms with Crippen LogP contribution in [0.25, 0.3) is 17.2 Å². The minimum atomic E-state index is -0.00670. The summed E-state index contributed by atoms with van der Waals surface area (Å²) in [5.41, 5.74) is 4.96. The summed E-state index contributed by atoms with van der Waals surface area (Å²) in [6.45, 7) is 1.62. The van der Waals surface area contributed by atoms with Crippen molar-refractivity contribution in [2.24, 2.45) is 0 Å². The van der Waals surface area contributed by atoms with Crippen molar-refractivity contribution < 1.29 is 62.0 Å². The van der Waals surface area contributed by atoms with Crippen molar-refractivity contribution in [2.45, 2.75) is 0 Å². The fourth-order valence-electron chi connectivity index (χ4n) is 3.35. The van der Waals surface area contributed by atoms with Crippen molar-refractivity contribution in [1.29, 1.82) is 0 Å². The molecule has 0 aliphatic rings. The Balaban J connectivity index is 0.00000306. The monoisotopic (exact) mass is 698 g/mol. The van der Waals surface area contributed by atoms with Crippen LogP contribution in [-0.4, -0.2) is 65.7 Å². The smallest absolute Gasteiger partial charge is 0.185 e. The van der Waals surface area contributed by atoms with Crippen LogP contribution in [0.3, 0.4) is 0 Å². The molecule has 3 aromatic rings. The average Bonchev–Trinajstić information content (AvgIpc) is 2.77. The number of benzene rings is 3. The zero-order valence-corrected chi connectivity index (χ0v) is 25.8. The van der Waals surface area contributed by atoms with Crippen LogP contribution in [0.4, 0.5) is 5.69 Å². The third-order valence-electron chi connectivity index (χ3n) is 5.44. The molecule has 0 aromatic heterocycles. The lowest BCUT2D eigenvalue weighted by molar-refractivity contribution is -0.870. The number of ether oxygens (including phenoxy) is 1. The van der Waals surface area contributed by atoms with E-state index >= 15 is 0 Å². The quantitative estimate of drug-likeness (QED) is 0.131. The lowest BCUT2D eigenvalue weighted by Gasteiger charge is -2.23. The Morgan fingerprint density at radius 3 is 2.09 bits per heavy atom. The minimum Gasteiger partial charge on any atom is -1.00 e. The first-order valence-corrected chi connectivity index (χ1v) is 11.3. The Morgan fingerprint density at radius 2 is 1.46 bits per heavy atom. The molecule has 0 amide bonds. The first kappa shape index (κ1) is 31.3. The van der Waals surface area contributed by atoms with E-state index in [0.29, 0.717) is 12.2 Å². The molecule has 0 spiro atoms. The number of nitrogens with zero attached hydrogens (tertiary/aromatic N) is 2. The zero-order chi connectivity index (χ0) is 24.1. The van der Waals surface area contributed by atoms with Gasteiger partial charge in [-0.1, -0.05) is 48.5 Å². The van der Waals surface area contributed by atoms with Gasteiger partial charge in [0.2, 0.25) is 0 Å².